The van der Waals surface area contributed by atoms with Crippen LogP contribution in [0.2, 0.25) is 0 Å². The van der Waals surface area contributed by atoms with E-state index < -0.39 is 0 Å². The number of aromatic nitrogens is 6. The Morgan fingerprint density at radius 1 is 0.968 bits per heavy atom. The van der Waals surface area contributed by atoms with Gasteiger partial charge in [-0.1, -0.05) is 74.0 Å². The van der Waals surface area contributed by atoms with E-state index in [0.29, 0.717) is 18.8 Å². The topological polar surface area (TPSA) is 81.4 Å². The molecule has 1 aliphatic heterocycles. The molecule has 1 N–H and O–H groups in total. The maximum absolute atomic E-state index is 13.1. The van der Waals surface area contributed by atoms with Gasteiger partial charge < -0.3 is 0 Å². The second-order valence-electron chi connectivity index (χ2n) is 7.77. The minimum atomic E-state index is 0.138. The Hall–Kier alpha value is -3.74. The van der Waals surface area contributed by atoms with Crippen molar-refractivity contribution in [1.29, 1.82) is 0 Å². The van der Waals surface area contributed by atoms with Crippen LogP contribution in [-0.2, 0) is 25.9 Å². The predicted octanol–water partition coefficient (Wildman–Crippen LogP) is 3.61. The van der Waals surface area contributed by atoms with Gasteiger partial charge in [-0.25, -0.2) is 4.68 Å². The number of nitrogens with one attached hydrogen (secondary N) is 1. The van der Waals surface area contributed by atoms with Gasteiger partial charge in [0.25, 0.3) is 5.56 Å². The van der Waals surface area contributed by atoms with Crippen LogP contribution in [0.4, 0.5) is 0 Å². The molecule has 0 atom stereocenters. The van der Waals surface area contributed by atoms with Crippen LogP contribution in [0, 0.1) is 0 Å². The van der Waals surface area contributed by atoms with Crippen LogP contribution < -0.4 is 5.56 Å². The minimum Gasteiger partial charge on any atom is -0.282 e. The molecule has 0 saturated carbocycles. The molecule has 7 heteroatoms. The number of tetrazole rings is 1. The average Bonchev–Trinajstić information content (AvgIpc) is 3.44. The van der Waals surface area contributed by atoms with Gasteiger partial charge >= 0.3 is 0 Å². The first-order valence-corrected chi connectivity index (χ1v) is 10.6. The smallest absolute Gasteiger partial charge is 0.270 e. The normalized spacial score (nSPS) is 12.8. The highest BCUT2D eigenvalue weighted by Crippen LogP contribution is 2.30. The summed E-state index contributed by atoms with van der Waals surface area (Å²) in [7, 11) is 0. The number of nitrogens with zero attached hydrogens (tertiary/aromatic N) is 5. The average molecular weight is 412 g/mol. The summed E-state index contributed by atoms with van der Waals surface area (Å²) < 4.78 is 4.02. The second-order valence-corrected chi connectivity index (χ2v) is 7.77. The molecule has 156 valence electrons. The fourth-order valence-electron chi connectivity index (χ4n) is 4.34. The maximum atomic E-state index is 13.1. The summed E-state index contributed by atoms with van der Waals surface area (Å²) in [5, 5.41) is 14.4. The Bertz CT molecular complexity index is 1280. The van der Waals surface area contributed by atoms with Gasteiger partial charge in [0.05, 0.1) is 13.1 Å². The fraction of sp³-hybridized carbons (Fsp3) is 0.250. The molecule has 0 bridgehead atoms. The summed E-state index contributed by atoms with van der Waals surface area (Å²) in [5.74, 6) is 0.574. The number of H-pyrrole nitrogens is 1. The number of aromatic amines is 1. The lowest BCUT2D eigenvalue weighted by atomic mass is 9.96. The summed E-state index contributed by atoms with van der Waals surface area (Å²) >= 11 is 0. The molecule has 0 amide bonds. The zero-order chi connectivity index (χ0) is 21.2. The molecule has 0 fully saturated rings. The van der Waals surface area contributed by atoms with Gasteiger partial charge in [-0.3, -0.25) is 9.48 Å². The highest BCUT2D eigenvalue weighted by atomic mass is 16.1. The molecule has 7 nitrogen and oxygen atoms in total. The van der Waals surface area contributed by atoms with Crippen LogP contribution in [0.15, 0.2) is 65.5 Å². The zero-order valence-electron chi connectivity index (χ0n) is 17.5. The second kappa shape index (κ2) is 8.18. The van der Waals surface area contributed by atoms with Crippen molar-refractivity contribution in [2.24, 2.45) is 0 Å². The zero-order valence-corrected chi connectivity index (χ0v) is 17.5. The largest absolute Gasteiger partial charge is 0.282 e. The Morgan fingerprint density at radius 3 is 2.42 bits per heavy atom. The summed E-state index contributed by atoms with van der Waals surface area (Å²) in [6.45, 7) is 3.59. The van der Waals surface area contributed by atoms with Crippen molar-refractivity contribution >= 4 is 0 Å². The Kier molecular flexibility index (Phi) is 5.08. The van der Waals surface area contributed by atoms with Gasteiger partial charge in [-0.15, -0.1) is 10.2 Å². The molecule has 2 aromatic heterocycles. The van der Waals surface area contributed by atoms with E-state index in [1.165, 1.54) is 5.69 Å². The standard InChI is InChI=1S/C24H24N6O/c1-2-7-22-21(24(31)30-15-6-5-14-29(22)30)16-17-10-12-18(13-11-17)19-8-3-4-9-20(19)23-25-27-28-26-23/h3-6,8-13H,2,7,14-16H2,1H3,(H,25,26,27,28). The highest BCUT2D eigenvalue weighted by Gasteiger charge is 2.20. The van der Waals surface area contributed by atoms with Crippen molar-refractivity contribution in [3.63, 3.8) is 0 Å². The van der Waals surface area contributed by atoms with Gasteiger partial charge in [-0.05, 0) is 28.3 Å². The molecule has 0 radical (unpaired) electrons. The van der Waals surface area contributed by atoms with Crippen molar-refractivity contribution < 1.29 is 0 Å². The third kappa shape index (κ3) is 3.52. The number of hydrogen-bond acceptors (Lipinski definition) is 4. The van der Waals surface area contributed by atoms with Gasteiger partial charge in [0, 0.05) is 23.2 Å². The quantitative estimate of drug-likeness (QED) is 0.491. The van der Waals surface area contributed by atoms with Crippen LogP contribution in [0.1, 0.15) is 30.2 Å². The monoisotopic (exact) mass is 412 g/mol. The van der Waals surface area contributed by atoms with E-state index in [9.17, 15) is 4.79 Å². The molecule has 2 aromatic carbocycles. The SMILES string of the molecule is CCCc1c(Cc2ccc(-c3ccccc3-c3nn[nH]n3)cc2)c(=O)n2n1CC=CC2. The third-order valence-corrected chi connectivity index (χ3v) is 5.81. The van der Waals surface area contributed by atoms with E-state index in [0.717, 1.165) is 47.2 Å². The van der Waals surface area contributed by atoms with Gasteiger partial charge in [0.15, 0.2) is 0 Å². The van der Waals surface area contributed by atoms with Crippen molar-refractivity contribution in [3.8, 4) is 22.5 Å². The lowest BCUT2D eigenvalue weighted by molar-refractivity contribution is 0.476. The Labute approximate surface area is 180 Å². The summed E-state index contributed by atoms with van der Waals surface area (Å²) in [6, 6.07) is 16.4. The predicted molar refractivity (Wildman–Crippen MR) is 120 cm³/mol. The van der Waals surface area contributed by atoms with E-state index in [1.54, 1.807) is 0 Å². The number of hydrogen-bond donors (Lipinski definition) is 1. The molecule has 1 aliphatic rings. The molecule has 5 rings (SSSR count). The third-order valence-electron chi connectivity index (χ3n) is 5.81. The molecule has 0 unspecified atom stereocenters. The Balaban J connectivity index is 1.47. The van der Waals surface area contributed by atoms with E-state index in [1.807, 2.05) is 22.9 Å². The lowest BCUT2D eigenvalue weighted by Crippen LogP contribution is -2.25. The van der Waals surface area contributed by atoms with Gasteiger partial charge in [0.2, 0.25) is 5.82 Å². The molecular weight excluding hydrogens is 388 g/mol. The molecule has 0 aliphatic carbocycles. The summed E-state index contributed by atoms with van der Waals surface area (Å²) in [5.41, 5.74) is 6.42. The van der Waals surface area contributed by atoms with Crippen molar-refractivity contribution in [1.82, 2.24) is 30.0 Å². The fourth-order valence-corrected chi connectivity index (χ4v) is 4.34. The van der Waals surface area contributed by atoms with E-state index in [-0.39, 0.29) is 5.56 Å². The molecule has 0 spiro atoms. The van der Waals surface area contributed by atoms with Crippen LogP contribution >= 0.6 is 0 Å². The van der Waals surface area contributed by atoms with Crippen LogP contribution in [0.3, 0.4) is 0 Å². The highest BCUT2D eigenvalue weighted by molar-refractivity contribution is 5.80. The maximum Gasteiger partial charge on any atom is 0.270 e. The first-order valence-electron chi connectivity index (χ1n) is 10.6. The first kappa shape index (κ1) is 19.2. The molecule has 3 heterocycles. The number of fused-ring (bicyclic) bond motifs is 1. The molecule has 4 aromatic rings. The number of benzene rings is 2. The summed E-state index contributed by atoms with van der Waals surface area (Å²) in [4.78, 5) is 13.1. The lowest BCUT2D eigenvalue weighted by Gasteiger charge is -2.15. The number of allylic oxidation sites excluding steroid dienone is 2. The summed E-state index contributed by atoms with van der Waals surface area (Å²) in [6.07, 6.45) is 6.79. The van der Waals surface area contributed by atoms with Crippen LogP contribution in [0.5, 0.6) is 0 Å². The molecule has 0 saturated heterocycles. The van der Waals surface area contributed by atoms with Crippen LogP contribution in [-0.4, -0.2) is 30.0 Å². The molecular formula is C24H24N6O. The van der Waals surface area contributed by atoms with Gasteiger partial charge in [0.1, 0.15) is 0 Å². The first-order chi connectivity index (χ1) is 15.3. The van der Waals surface area contributed by atoms with E-state index in [2.05, 4.69) is 74.7 Å². The van der Waals surface area contributed by atoms with Crippen molar-refractivity contribution in [3.05, 3.63) is 87.9 Å². The van der Waals surface area contributed by atoms with E-state index in [4.69, 9.17) is 0 Å². The minimum absolute atomic E-state index is 0.138. The molecule has 31 heavy (non-hydrogen) atoms. The van der Waals surface area contributed by atoms with Crippen LogP contribution in [0.25, 0.3) is 22.5 Å². The van der Waals surface area contributed by atoms with Gasteiger partial charge in [-0.2, -0.15) is 5.21 Å². The van der Waals surface area contributed by atoms with Crippen molar-refractivity contribution in [2.45, 2.75) is 39.3 Å². The van der Waals surface area contributed by atoms with Crippen molar-refractivity contribution in [2.75, 3.05) is 0 Å². The van der Waals surface area contributed by atoms with E-state index >= 15 is 0 Å². The number of rotatable bonds is 6. The Morgan fingerprint density at radius 2 is 1.71 bits per heavy atom.